The lowest BCUT2D eigenvalue weighted by molar-refractivity contribution is 0.686. The van der Waals surface area contributed by atoms with Gasteiger partial charge in [0.15, 0.2) is 0 Å². The molecular weight excluding hydrogens is 236 g/mol. The maximum Gasteiger partial charge on any atom is 0.0522 e. The van der Waals surface area contributed by atoms with E-state index in [1.807, 2.05) is 24.1 Å². The lowest BCUT2D eigenvalue weighted by Crippen LogP contribution is -2.16. The first-order chi connectivity index (χ1) is 9.31. The Bertz CT molecular complexity index is 665. The van der Waals surface area contributed by atoms with E-state index in [0.29, 0.717) is 0 Å². The van der Waals surface area contributed by atoms with Crippen molar-refractivity contribution in [1.82, 2.24) is 20.1 Å². The van der Waals surface area contributed by atoms with E-state index >= 15 is 0 Å². The fourth-order valence-corrected chi connectivity index (χ4v) is 2.27. The monoisotopic (exact) mass is 254 g/mol. The van der Waals surface area contributed by atoms with E-state index in [4.69, 9.17) is 0 Å². The summed E-state index contributed by atoms with van der Waals surface area (Å²) < 4.78 is 1.84. The highest BCUT2D eigenvalue weighted by molar-refractivity contribution is 5.79. The molecule has 0 radical (unpaired) electrons. The summed E-state index contributed by atoms with van der Waals surface area (Å²) in [5.41, 5.74) is 3.78. The van der Waals surface area contributed by atoms with Gasteiger partial charge < -0.3 is 10.3 Å². The molecule has 98 valence electrons. The standard InChI is InChI=1S/C15H18N4/c1-19-11-13(10-18-19)4-6-16-9-12-2-3-14-5-7-17-15(14)8-12/h2-3,5,7-8,10-11,16-17H,4,6,9H2,1H3. The summed E-state index contributed by atoms with van der Waals surface area (Å²) in [7, 11) is 1.95. The minimum atomic E-state index is 0.898. The van der Waals surface area contributed by atoms with Crippen LogP contribution in [0.4, 0.5) is 0 Å². The van der Waals surface area contributed by atoms with Crippen LogP contribution in [0.25, 0.3) is 10.9 Å². The molecule has 0 saturated heterocycles. The summed E-state index contributed by atoms with van der Waals surface area (Å²) in [5.74, 6) is 0. The van der Waals surface area contributed by atoms with Gasteiger partial charge in [-0.1, -0.05) is 12.1 Å². The van der Waals surface area contributed by atoms with E-state index in [9.17, 15) is 0 Å². The molecule has 2 aromatic heterocycles. The number of benzene rings is 1. The van der Waals surface area contributed by atoms with Crippen molar-refractivity contribution < 1.29 is 0 Å². The zero-order valence-corrected chi connectivity index (χ0v) is 11.1. The second kappa shape index (κ2) is 5.28. The van der Waals surface area contributed by atoms with Gasteiger partial charge in [-0.25, -0.2) is 0 Å². The Morgan fingerprint density at radius 1 is 1.26 bits per heavy atom. The van der Waals surface area contributed by atoms with Crippen LogP contribution >= 0.6 is 0 Å². The largest absolute Gasteiger partial charge is 0.361 e. The van der Waals surface area contributed by atoms with Gasteiger partial charge in [0, 0.05) is 31.5 Å². The highest BCUT2D eigenvalue weighted by Gasteiger charge is 1.98. The van der Waals surface area contributed by atoms with Gasteiger partial charge in [-0.2, -0.15) is 5.10 Å². The number of nitrogens with zero attached hydrogens (tertiary/aromatic N) is 2. The summed E-state index contributed by atoms with van der Waals surface area (Å²) >= 11 is 0. The zero-order chi connectivity index (χ0) is 13.1. The third kappa shape index (κ3) is 2.85. The molecule has 2 N–H and O–H groups in total. The molecule has 0 aliphatic carbocycles. The predicted molar refractivity (Wildman–Crippen MR) is 76.9 cm³/mol. The topological polar surface area (TPSA) is 45.6 Å². The lowest BCUT2D eigenvalue weighted by atomic mass is 10.1. The molecular formula is C15H18N4. The molecule has 0 atom stereocenters. The smallest absolute Gasteiger partial charge is 0.0522 e. The minimum Gasteiger partial charge on any atom is -0.361 e. The molecule has 0 fully saturated rings. The molecule has 19 heavy (non-hydrogen) atoms. The first-order valence-electron chi connectivity index (χ1n) is 6.55. The lowest BCUT2D eigenvalue weighted by Gasteiger charge is -2.04. The average Bonchev–Trinajstić information content (AvgIpc) is 3.03. The second-order valence-electron chi connectivity index (χ2n) is 4.85. The number of hydrogen-bond acceptors (Lipinski definition) is 2. The predicted octanol–water partition coefficient (Wildman–Crippen LogP) is 2.23. The first-order valence-corrected chi connectivity index (χ1v) is 6.55. The van der Waals surface area contributed by atoms with Gasteiger partial charge >= 0.3 is 0 Å². The number of aryl methyl sites for hydroxylation is 1. The van der Waals surface area contributed by atoms with Crippen LogP contribution in [0.2, 0.25) is 0 Å². The van der Waals surface area contributed by atoms with Crippen molar-refractivity contribution in [2.45, 2.75) is 13.0 Å². The highest BCUT2D eigenvalue weighted by Crippen LogP contribution is 2.13. The molecule has 1 aromatic carbocycles. The third-order valence-electron chi connectivity index (χ3n) is 3.30. The van der Waals surface area contributed by atoms with Crippen LogP contribution in [-0.2, 0) is 20.0 Å². The third-order valence-corrected chi connectivity index (χ3v) is 3.30. The summed E-state index contributed by atoms with van der Waals surface area (Å²) in [4.78, 5) is 3.24. The summed E-state index contributed by atoms with van der Waals surface area (Å²) in [5, 5.41) is 8.89. The molecule has 0 spiro atoms. The van der Waals surface area contributed by atoms with E-state index in [2.05, 4.69) is 45.9 Å². The van der Waals surface area contributed by atoms with Gasteiger partial charge in [0.1, 0.15) is 0 Å². The Hall–Kier alpha value is -2.07. The van der Waals surface area contributed by atoms with Gasteiger partial charge in [0.25, 0.3) is 0 Å². The maximum absolute atomic E-state index is 4.17. The molecule has 0 bridgehead atoms. The average molecular weight is 254 g/mol. The van der Waals surface area contributed by atoms with E-state index in [0.717, 1.165) is 19.5 Å². The van der Waals surface area contributed by atoms with Gasteiger partial charge in [-0.3, -0.25) is 4.68 Å². The summed E-state index contributed by atoms with van der Waals surface area (Å²) in [6.45, 7) is 1.86. The fourth-order valence-electron chi connectivity index (χ4n) is 2.27. The molecule has 0 aliphatic rings. The van der Waals surface area contributed by atoms with Crippen LogP contribution in [0.3, 0.4) is 0 Å². The molecule has 2 heterocycles. The Labute approximate surface area is 112 Å². The van der Waals surface area contributed by atoms with Crippen LogP contribution in [0, 0.1) is 0 Å². The first kappa shape index (κ1) is 12.0. The van der Waals surface area contributed by atoms with Crippen molar-refractivity contribution in [2.24, 2.45) is 7.05 Å². The summed E-state index contributed by atoms with van der Waals surface area (Å²) in [6.07, 6.45) is 6.97. The SMILES string of the molecule is Cn1cc(CCNCc2ccc3cc[nH]c3c2)cn1. The van der Waals surface area contributed by atoms with Crippen LogP contribution in [-0.4, -0.2) is 21.3 Å². The number of aromatic nitrogens is 3. The number of rotatable bonds is 5. The minimum absolute atomic E-state index is 0.898. The van der Waals surface area contributed by atoms with E-state index in [-0.39, 0.29) is 0 Å². The van der Waals surface area contributed by atoms with E-state index in [1.54, 1.807) is 0 Å². The number of aromatic amines is 1. The van der Waals surface area contributed by atoms with Crippen molar-refractivity contribution >= 4 is 10.9 Å². The van der Waals surface area contributed by atoms with Gasteiger partial charge in [-0.05, 0) is 41.6 Å². The molecule has 4 heteroatoms. The van der Waals surface area contributed by atoms with Crippen molar-refractivity contribution in [1.29, 1.82) is 0 Å². The highest BCUT2D eigenvalue weighted by atomic mass is 15.2. The van der Waals surface area contributed by atoms with Crippen molar-refractivity contribution in [3.63, 3.8) is 0 Å². The molecule has 0 unspecified atom stereocenters. The molecule has 3 aromatic rings. The fraction of sp³-hybridized carbons (Fsp3) is 0.267. The zero-order valence-electron chi connectivity index (χ0n) is 11.1. The Kier molecular flexibility index (Phi) is 3.33. The molecule has 4 nitrogen and oxygen atoms in total. The molecule has 0 aliphatic heterocycles. The van der Waals surface area contributed by atoms with Crippen LogP contribution < -0.4 is 5.32 Å². The Morgan fingerprint density at radius 2 is 2.21 bits per heavy atom. The molecule has 0 amide bonds. The van der Waals surface area contributed by atoms with Crippen molar-refractivity contribution in [2.75, 3.05) is 6.54 Å². The Morgan fingerprint density at radius 3 is 3.05 bits per heavy atom. The van der Waals surface area contributed by atoms with Crippen LogP contribution in [0.5, 0.6) is 0 Å². The van der Waals surface area contributed by atoms with Crippen LogP contribution in [0.15, 0.2) is 42.9 Å². The maximum atomic E-state index is 4.17. The van der Waals surface area contributed by atoms with Gasteiger partial charge in [0.05, 0.1) is 6.20 Å². The van der Waals surface area contributed by atoms with E-state index in [1.165, 1.54) is 22.0 Å². The van der Waals surface area contributed by atoms with E-state index < -0.39 is 0 Å². The normalized spacial score (nSPS) is 11.2. The van der Waals surface area contributed by atoms with Crippen molar-refractivity contribution in [3.05, 3.63) is 54.0 Å². The second-order valence-corrected chi connectivity index (χ2v) is 4.85. The Balaban J connectivity index is 1.51. The van der Waals surface area contributed by atoms with Crippen molar-refractivity contribution in [3.8, 4) is 0 Å². The number of nitrogens with one attached hydrogen (secondary N) is 2. The number of hydrogen-bond donors (Lipinski definition) is 2. The summed E-state index contributed by atoms with van der Waals surface area (Å²) in [6, 6.07) is 8.62. The molecule has 0 saturated carbocycles. The van der Waals surface area contributed by atoms with Gasteiger partial charge in [-0.15, -0.1) is 0 Å². The number of fused-ring (bicyclic) bond motifs is 1. The van der Waals surface area contributed by atoms with Gasteiger partial charge in [0.2, 0.25) is 0 Å². The number of H-pyrrole nitrogens is 1. The molecule has 3 rings (SSSR count). The quantitative estimate of drug-likeness (QED) is 0.686. The van der Waals surface area contributed by atoms with Crippen LogP contribution in [0.1, 0.15) is 11.1 Å².